The lowest BCUT2D eigenvalue weighted by Crippen LogP contribution is -2.06. The van der Waals surface area contributed by atoms with Gasteiger partial charge in [0.25, 0.3) is 0 Å². The van der Waals surface area contributed by atoms with Crippen molar-refractivity contribution in [3.63, 3.8) is 0 Å². The zero-order valence-corrected chi connectivity index (χ0v) is 12.8. The Morgan fingerprint density at radius 3 is 2.91 bits per heavy atom. The van der Waals surface area contributed by atoms with Gasteiger partial charge in [-0.1, -0.05) is 18.2 Å². The standard InChI is InChI=1S/C17H16FN3O2/c1-21-16-13(10-20-21)4-3-5-15(16)19-9-12-7-6-11(8-14(12)18)17(22)23-2/h3-8,10,19H,9H2,1-2H3. The minimum absolute atomic E-state index is 0.197. The summed E-state index contributed by atoms with van der Waals surface area (Å²) in [4.78, 5) is 11.4. The van der Waals surface area contributed by atoms with Crippen LogP contribution < -0.4 is 5.32 Å². The van der Waals surface area contributed by atoms with Gasteiger partial charge in [-0.25, -0.2) is 9.18 Å². The summed E-state index contributed by atoms with van der Waals surface area (Å²) < 4.78 is 20.5. The fourth-order valence-corrected chi connectivity index (χ4v) is 2.50. The molecular formula is C17H16FN3O2. The van der Waals surface area contributed by atoms with Gasteiger partial charge in [0.15, 0.2) is 0 Å². The molecule has 0 spiro atoms. The highest BCUT2D eigenvalue weighted by Crippen LogP contribution is 2.23. The highest BCUT2D eigenvalue weighted by atomic mass is 19.1. The van der Waals surface area contributed by atoms with Crippen LogP contribution in [0.2, 0.25) is 0 Å². The lowest BCUT2D eigenvalue weighted by Gasteiger charge is -2.10. The number of anilines is 1. The average molecular weight is 313 g/mol. The maximum absolute atomic E-state index is 14.1. The first-order valence-corrected chi connectivity index (χ1v) is 7.11. The van der Waals surface area contributed by atoms with Crippen molar-refractivity contribution < 1.29 is 13.9 Å². The molecule has 0 atom stereocenters. The molecule has 0 bridgehead atoms. The lowest BCUT2D eigenvalue weighted by molar-refractivity contribution is 0.0600. The van der Waals surface area contributed by atoms with Gasteiger partial charge in [-0.3, -0.25) is 4.68 Å². The zero-order valence-electron chi connectivity index (χ0n) is 12.8. The first-order valence-electron chi connectivity index (χ1n) is 7.11. The van der Waals surface area contributed by atoms with Crippen LogP contribution in [-0.2, 0) is 18.3 Å². The quantitative estimate of drug-likeness (QED) is 0.752. The van der Waals surface area contributed by atoms with Gasteiger partial charge in [-0.2, -0.15) is 5.10 Å². The largest absolute Gasteiger partial charge is 0.465 e. The number of carbonyl (C=O) groups excluding carboxylic acids is 1. The average Bonchev–Trinajstić information content (AvgIpc) is 2.95. The second-order valence-corrected chi connectivity index (χ2v) is 5.16. The number of fused-ring (bicyclic) bond motifs is 1. The number of nitrogens with zero attached hydrogens (tertiary/aromatic N) is 2. The highest BCUT2D eigenvalue weighted by molar-refractivity contribution is 5.91. The molecule has 1 N–H and O–H groups in total. The lowest BCUT2D eigenvalue weighted by atomic mass is 10.1. The second-order valence-electron chi connectivity index (χ2n) is 5.16. The van der Waals surface area contributed by atoms with Gasteiger partial charge in [0.2, 0.25) is 0 Å². The van der Waals surface area contributed by atoms with Crippen LogP contribution in [0.5, 0.6) is 0 Å². The van der Waals surface area contributed by atoms with E-state index in [1.54, 1.807) is 23.0 Å². The van der Waals surface area contributed by atoms with Crippen LogP contribution in [0.1, 0.15) is 15.9 Å². The SMILES string of the molecule is COC(=O)c1ccc(CNc2cccc3cnn(C)c23)c(F)c1. The summed E-state index contributed by atoms with van der Waals surface area (Å²) in [6.07, 6.45) is 1.78. The Balaban J connectivity index is 1.83. The van der Waals surface area contributed by atoms with Crippen molar-refractivity contribution in [3.05, 3.63) is 59.5 Å². The van der Waals surface area contributed by atoms with Crippen LogP contribution in [0.4, 0.5) is 10.1 Å². The molecule has 3 aromatic rings. The van der Waals surface area contributed by atoms with Gasteiger partial charge >= 0.3 is 5.97 Å². The van der Waals surface area contributed by atoms with Crippen molar-refractivity contribution in [2.45, 2.75) is 6.54 Å². The van der Waals surface area contributed by atoms with E-state index in [4.69, 9.17) is 0 Å². The van der Waals surface area contributed by atoms with Crippen molar-refractivity contribution in [1.82, 2.24) is 9.78 Å². The Morgan fingerprint density at radius 1 is 1.35 bits per heavy atom. The minimum Gasteiger partial charge on any atom is -0.465 e. The number of esters is 1. The Morgan fingerprint density at radius 2 is 2.17 bits per heavy atom. The van der Waals surface area contributed by atoms with Crippen molar-refractivity contribution >= 4 is 22.6 Å². The number of aromatic nitrogens is 2. The van der Waals surface area contributed by atoms with E-state index in [0.29, 0.717) is 12.1 Å². The molecule has 0 aliphatic heterocycles. The summed E-state index contributed by atoms with van der Waals surface area (Å²) >= 11 is 0. The smallest absolute Gasteiger partial charge is 0.337 e. The van der Waals surface area contributed by atoms with E-state index >= 15 is 0 Å². The molecule has 118 valence electrons. The predicted molar refractivity (Wildman–Crippen MR) is 85.8 cm³/mol. The fraction of sp³-hybridized carbons (Fsp3) is 0.176. The van der Waals surface area contributed by atoms with Crippen molar-refractivity contribution in [1.29, 1.82) is 0 Å². The van der Waals surface area contributed by atoms with E-state index in [-0.39, 0.29) is 5.56 Å². The van der Waals surface area contributed by atoms with Gasteiger partial charge in [0.05, 0.1) is 30.1 Å². The van der Waals surface area contributed by atoms with E-state index in [0.717, 1.165) is 16.6 Å². The number of hydrogen-bond donors (Lipinski definition) is 1. The molecule has 2 aromatic carbocycles. The summed E-state index contributed by atoms with van der Waals surface area (Å²) in [6.45, 7) is 0.303. The molecule has 0 radical (unpaired) electrons. The molecule has 5 nitrogen and oxygen atoms in total. The third kappa shape index (κ3) is 2.88. The van der Waals surface area contributed by atoms with Gasteiger partial charge in [-0.15, -0.1) is 0 Å². The van der Waals surface area contributed by atoms with E-state index < -0.39 is 11.8 Å². The number of methoxy groups -OCH3 is 1. The molecule has 0 fully saturated rings. The molecule has 1 aromatic heterocycles. The van der Waals surface area contributed by atoms with E-state index in [1.807, 2.05) is 25.2 Å². The number of carbonyl (C=O) groups is 1. The molecule has 3 rings (SSSR count). The van der Waals surface area contributed by atoms with Crippen molar-refractivity contribution in [3.8, 4) is 0 Å². The first-order chi connectivity index (χ1) is 11.1. The van der Waals surface area contributed by atoms with E-state index in [9.17, 15) is 9.18 Å². The number of nitrogens with one attached hydrogen (secondary N) is 1. The number of benzene rings is 2. The fourth-order valence-electron chi connectivity index (χ4n) is 2.50. The third-order valence-electron chi connectivity index (χ3n) is 3.70. The van der Waals surface area contributed by atoms with Crippen LogP contribution in [0, 0.1) is 5.82 Å². The normalized spacial score (nSPS) is 10.7. The topological polar surface area (TPSA) is 56.1 Å². The highest BCUT2D eigenvalue weighted by Gasteiger charge is 2.11. The van der Waals surface area contributed by atoms with Crippen molar-refractivity contribution in [2.75, 3.05) is 12.4 Å². The van der Waals surface area contributed by atoms with Crippen LogP contribution in [0.3, 0.4) is 0 Å². The number of hydrogen-bond acceptors (Lipinski definition) is 4. The number of ether oxygens (including phenoxy) is 1. The third-order valence-corrected chi connectivity index (χ3v) is 3.70. The number of aryl methyl sites for hydroxylation is 1. The first kappa shape index (κ1) is 15.0. The molecule has 1 heterocycles. The van der Waals surface area contributed by atoms with Gasteiger partial charge < -0.3 is 10.1 Å². The molecular weight excluding hydrogens is 297 g/mol. The molecule has 0 saturated carbocycles. The number of para-hydroxylation sites is 1. The van der Waals surface area contributed by atoms with Crippen molar-refractivity contribution in [2.24, 2.45) is 7.05 Å². The summed E-state index contributed by atoms with van der Waals surface area (Å²) in [6, 6.07) is 10.1. The predicted octanol–water partition coefficient (Wildman–Crippen LogP) is 3.11. The Kier molecular flexibility index (Phi) is 3.97. The maximum atomic E-state index is 14.1. The second kappa shape index (κ2) is 6.08. The zero-order chi connectivity index (χ0) is 16.4. The van der Waals surface area contributed by atoms with Crippen LogP contribution >= 0.6 is 0 Å². The van der Waals surface area contributed by atoms with Gasteiger partial charge in [-0.05, 0) is 18.2 Å². The molecule has 23 heavy (non-hydrogen) atoms. The Hall–Kier alpha value is -2.89. The number of rotatable bonds is 4. The molecule has 0 unspecified atom stereocenters. The van der Waals surface area contributed by atoms with E-state index in [1.165, 1.54) is 13.2 Å². The van der Waals surface area contributed by atoms with Gasteiger partial charge in [0, 0.05) is 24.5 Å². The molecule has 0 saturated heterocycles. The minimum atomic E-state index is -0.553. The summed E-state index contributed by atoms with van der Waals surface area (Å²) in [5.74, 6) is -0.999. The van der Waals surface area contributed by atoms with Crippen LogP contribution in [-0.4, -0.2) is 22.9 Å². The van der Waals surface area contributed by atoms with E-state index in [2.05, 4.69) is 15.2 Å². The number of halogens is 1. The van der Waals surface area contributed by atoms with Gasteiger partial charge in [0.1, 0.15) is 5.82 Å². The summed E-state index contributed by atoms with van der Waals surface area (Å²) in [7, 11) is 3.13. The maximum Gasteiger partial charge on any atom is 0.337 e. The molecule has 6 heteroatoms. The molecule has 0 aliphatic rings. The van der Waals surface area contributed by atoms with Crippen LogP contribution in [0.25, 0.3) is 10.9 Å². The Labute approximate surface area is 132 Å². The Bertz CT molecular complexity index is 873. The van der Waals surface area contributed by atoms with Crippen LogP contribution in [0.15, 0.2) is 42.6 Å². The summed E-state index contributed by atoms with van der Waals surface area (Å²) in [5, 5.41) is 8.45. The molecule has 0 amide bonds. The summed E-state index contributed by atoms with van der Waals surface area (Å²) in [5.41, 5.74) is 2.50. The molecule has 0 aliphatic carbocycles. The monoisotopic (exact) mass is 313 g/mol.